The van der Waals surface area contributed by atoms with Gasteiger partial charge in [-0.2, -0.15) is 5.26 Å². The van der Waals surface area contributed by atoms with Gasteiger partial charge < -0.3 is 15.0 Å². The molecule has 7 heteroatoms. The molecule has 0 atom stereocenters. The quantitative estimate of drug-likeness (QED) is 0.160. The fourth-order valence-electron chi connectivity index (χ4n) is 5.19. The Morgan fingerprint density at radius 1 is 1.16 bits per heavy atom. The zero-order valence-electron chi connectivity index (χ0n) is 21.7. The van der Waals surface area contributed by atoms with Crippen LogP contribution in [0.2, 0.25) is 0 Å². The number of carbonyl (C=O) groups excluding carboxylic acids is 2. The first kappa shape index (κ1) is 25.5. The molecule has 2 heterocycles. The van der Waals surface area contributed by atoms with Gasteiger partial charge in [-0.25, -0.2) is 4.79 Å². The summed E-state index contributed by atoms with van der Waals surface area (Å²) in [5.74, 6) is -0.979. The Morgan fingerprint density at radius 3 is 2.66 bits per heavy atom. The van der Waals surface area contributed by atoms with Crippen molar-refractivity contribution in [2.45, 2.75) is 46.5 Å². The predicted molar refractivity (Wildman–Crippen MR) is 152 cm³/mol. The molecule has 4 aromatic rings. The molecule has 6 nitrogen and oxygen atoms in total. The fraction of sp³-hybridized carbons (Fsp3) is 0.258. The summed E-state index contributed by atoms with van der Waals surface area (Å²) in [6.07, 6.45) is 5.35. The van der Waals surface area contributed by atoms with E-state index < -0.39 is 11.9 Å². The van der Waals surface area contributed by atoms with Crippen LogP contribution in [-0.4, -0.2) is 23.5 Å². The molecule has 192 valence electrons. The molecule has 0 saturated heterocycles. The van der Waals surface area contributed by atoms with Gasteiger partial charge in [-0.05, 0) is 75.3 Å². The molecule has 0 spiro atoms. The standard InChI is InChI=1S/C31H29N3O3S/c1-4-37-31(36)26-22-12-8-9-13-25(22)38-30(26)34-29(35)21(17-32)16-24-23-15-18(2)14-19(3)27(23)33-28(24)20-10-6-5-7-11-20/h5-7,10-11,14-16,33H,4,8-9,12-13H2,1-3H3,(H,34,35)/b21-16+. The fourth-order valence-corrected chi connectivity index (χ4v) is 6.46. The molecular weight excluding hydrogens is 494 g/mol. The number of carbonyl (C=O) groups is 2. The second kappa shape index (κ2) is 10.7. The van der Waals surface area contributed by atoms with Gasteiger partial charge in [0.1, 0.15) is 16.6 Å². The minimum absolute atomic E-state index is 0.0385. The highest BCUT2D eigenvalue weighted by molar-refractivity contribution is 7.17. The Balaban J connectivity index is 1.59. The molecule has 0 fully saturated rings. The van der Waals surface area contributed by atoms with Crippen molar-refractivity contribution in [2.75, 3.05) is 11.9 Å². The number of fused-ring (bicyclic) bond motifs is 2. The lowest BCUT2D eigenvalue weighted by atomic mass is 9.95. The van der Waals surface area contributed by atoms with E-state index in [1.54, 1.807) is 13.0 Å². The Kier molecular flexibility index (Phi) is 7.17. The second-order valence-electron chi connectivity index (χ2n) is 9.54. The van der Waals surface area contributed by atoms with Crippen molar-refractivity contribution in [3.8, 4) is 17.3 Å². The molecular formula is C31H29N3O3S. The van der Waals surface area contributed by atoms with E-state index in [1.165, 1.54) is 11.3 Å². The van der Waals surface area contributed by atoms with E-state index in [9.17, 15) is 14.9 Å². The van der Waals surface area contributed by atoms with Crippen molar-refractivity contribution in [3.05, 3.63) is 80.7 Å². The Morgan fingerprint density at radius 2 is 1.92 bits per heavy atom. The maximum Gasteiger partial charge on any atom is 0.341 e. The maximum absolute atomic E-state index is 13.5. The first-order valence-corrected chi connectivity index (χ1v) is 13.7. The number of ether oxygens (including phenoxy) is 1. The molecule has 0 bridgehead atoms. The third kappa shape index (κ3) is 4.75. The van der Waals surface area contributed by atoms with Crippen LogP contribution in [0.25, 0.3) is 28.2 Å². The SMILES string of the molecule is CCOC(=O)c1c(NC(=O)/C(C#N)=C/c2c(-c3ccccc3)[nH]c3c(C)cc(C)cc23)sc2c1CCCC2. The van der Waals surface area contributed by atoms with Gasteiger partial charge in [0.2, 0.25) is 0 Å². The lowest BCUT2D eigenvalue weighted by molar-refractivity contribution is -0.112. The number of aryl methyl sites for hydroxylation is 3. The number of rotatable bonds is 6. The van der Waals surface area contributed by atoms with Crippen molar-refractivity contribution in [1.82, 2.24) is 4.98 Å². The van der Waals surface area contributed by atoms with Crippen LogP contribution >= 0.6 is 11.3 Å². The summed E-state index contributed by atoms with van der Waals surface area (Å²) in [6.45, 7) is 6.09. The van der Waals surface area contributed by atoms with Crippen molar-refractivity contribution < 1.29 is 14.3 Å². The number of nitriles is 1. The van der Waals surface area contributed by atoms with Crippen LogP contribution in [0.5, 0.6) is 0 Å². The number of aromatic amines is 1. The van der Waals surface area contributed by atoms with Crippen LogP contribution in [0.3, 0.4) is 0 Å². The Hall–Kier alpha value is -4.15. The van der Waals surface area contributed by atoms with Gasteiger partial charge in [-0.15, -0.1) is 11.3 Å². The number of nitrogens with one attached hydrogen (secondary N) is 2. The van der Waals surface area contributed by atoms with Crippen molar-refractivity contribution >= 4 is 45.2 Å². The second-order valence-corrected chi connectivity index (χ2v) is 10.6. The predicted octanol–water partition coefficient (Wildman–Crippen LogP) is 7.11. The highest BCUT2D eigenvalue weighted by atomic mass is 32.1. The molecule has 5 rings (SSSR count). The zero-order chi connectivity index (χ0) is 26.8. The summed E-state index contributed by atoms with van der Waals surface area (Å²) < 4.78 is 5.31. The van der Waals surface area contributed by atoms with Gasteiger partial charge in [-0.3, -0.25) is 4.79 Å². The van der Waals surface area contributed by atoms with Crippen LogP contribution in [0.15, 0.2) is 48.0 Å². The van der Waals surface area contributed by atoms with Gasteiger partial charge in [-0.1, -0.05) is 42.0 Å². The van der Waals surface area contributed by atoms with Crippen molar-refractivity contribution in [1.29, 1.82) is 5.26 Å². The van der Waals surface area contributed by atoms with E-state index in [2.05, 4.69) is 28.5 Å². The Labute approximate surface area is 226 Å². The third-order valence-electron chi connectivity index (χ3n) is 6.88. The Bertz CT molecular complexity index is 1620. The average molecular weight is 524 g/mol. The largest absolute Gasteiger partial charge is 0.462 e. The molecule has 0 saturated carbocycles. The van der Waals surface area contributed by atoms with E-state index in [1.807, 2.05) is 44.2 Å². The van der Waals surface area contributed by atoms with E-state index in [0.29, 0.717) is 10.6 Å². The van der Waals surface area contributed by atoms with Gasteiger partial charge in [0, 0.05) is 21.3 Å². The number of hydrogen-bond donors (Lipinski definition) is 2. The summed E-state index contributed by atoms with van der Waals surface area (Å²) in [6, 6.07) is 16.1. The number of benzene rings is 2. The van der Waals surface area contributed by atoms with Crippen LogP contribution in [0.4, 0.5) is 5.00 Å². The number of amides is 1. The minimum atomic E-state index is -0.547. The van der Waals surface area contributed by atoms with Crippen LogP contribution < -0.4 is 5.32 Å². The summed E-state index contributed by atoms with van der Waals surface area (Å²) in [5.41, 5.74) is 7.08. The van der Waals surface area contributed by atoms with Gasteiger partial charge >= 0.3 is 5.97 Å². The van der Waals surface area contributed by atoms with E-state index >= 15 is 0 Å². The average Bonchev–Trinajstić information content (AvgIpc) is 3.46. The van der Waals surface area contributed by atoms with E-state index in [0.717, 1.165) is 75.0 Å². The molecule has 0 unspecified atom stereocenters. The monoisotopic (exact) mass is 523 g/mol. The highest BCUT2D eigenvalue weighted by Crippen LogP contribution is 2.39. The number of aromatic nitrogens is 1. The number of esters is 1. The van der Waals surface area contributed by atoms with E-state index in [-0.39, 0.29) is 12.2 Å². The molecule has 1 amide bonds. The summed E-state index contributed by atoms with van der Waals surface area (Å²) in [4.78, 5) is 30.9. The number of thiophene rings is 1. The molecule has 2 aromatic carbocycles. The molecule has 1 aliphatic carbocycles. The lowest BCUT2D eigenvalue weighted by Crippen LogP contribution is -2.16. The lowest BCUT2D eigenvalue weighted by Gasteiger charge is -2.12. The smallest absolute Gasteiger partial charge is 0.341 e. The van der Waals surface area contributed by atoms with Crippen molar-refractivity contribution in [3.63, 3.8) is 0 Å². The first-order chi connectivity index (χ1) is 18.4. The van der Waals surface area contributed by atoms with Gasteiger partial charge in [0.05, 0.1) is 17.9 Å². The normalized spacial score (nSPS) is 13.2. The molecule has 1 aliphatic rings. The molecule has 2 aromatic heterocycles. The van der Waals surface area contributed by atoms with Gasteiger partial charge in [0.15, 0.2) is 0 Å². The first-order valence-electron chi connectivity index (χ1n) is 12.8. The number of nitrogens with zero attached hydrogens (tertiary/aromatic N) is 1. The molecule has 38 heavy (non-hydrogen) atoms. The third-order valence-corrected chi connectivity index (χ3v) is 8.09. The number of hydrogen-bond acceptors (Lipinski definition) is 5. The van der Waals surface area contributed by atoms with Crippen molar-refractivity contribution in [2.24, 2.45) is 0 Å². The summed E-state index contributed by atoms with van der Waals surface area (Å²) in [5, 5.41) is 14.3. The zero-order valence-corrected chi connectivity index (χ0v) is 22.6. The van der Waals surface area contributed by atoms with E-state index in [4.69, 9.17) is 4.74 Å². The highest BCUT2D eigenvalue weighted by Gasteiger charge is 2.28. The van der Waals surface area contributed by atoms with Crippen LogP contribution in [0.1, 0.15) is 57.3 Å². The topological polar surface area (TPSA) is 95.0 Å². The number of H-pyrrole nitrogens is 1. The summed E-state index contributed by atoms with van der Waals surface area (Å²) in [7, 11) is 0. The van der Waals surface area contributed by atoms with Crippen LogP contribution in [-0.2, 0) is 22.4 Å². The number of anilines is 1. The van der Waals surface area contributed by atoms with Gasteiger partial charge in [0.25, 0.3) is 5.91 Å². The molecule has 0 radical (unpaired) electrons. The summed E-state index contributed by atoms with van der Waals surface area (Å²) >= 11 is 1.41. The van der Waals surface area contributed by atoms with Crippen LogP contribution in [0, 0.1) is 25.2 Å². The minimum Gasteiger partial charge on any atom is -0.462 e. The maximum atomic E-state index is 13.5. The molecule has 2 N–H and O–H groups in total. The molecule has 0 aliphatic heterocycles.